The fraction of sp³-hybridized carbons (Fsp3) is 1.00. The van der Waals surface area contributed by atoms with Crippen LogP contribution in [0.2, 0.25) is 0 Å². The zero-order valence-corrected chi connectivity index (χ0v) is 11.3. The van der Waals surface area contributed by atoms with Gasteiger partial charge in [0.05, 0.1) is 0 Å². The van der Waals surface area contributed by atoms with Crippen molar-refractivity contribution in [2.45, 2.75) is 77.8 Å². The van der Waals surface area contributed by atoms with Crippen LogP contribution in [0.15, 0.2) is 0 Å². The summed E-state index contributed by atoms with van der Waals surface area (Å²) < 4.78 is 0. The molecular weight excluding hydrogens is 194 g/mol. The minimum absolute atomic E-state index is 0.798. The number of nitrogens with one attached hydrogen (secondary N) is 1. The quantitative estimate of drug-likeness (QED) is 0.746. The van der Waals surface area contributed by atoms with Crippen LogP contribution < -0.4 is 5.32 Å². The Morgan fingerprint density at radius 3 is 1.88 bits per heavy atom. The number of hydrogen-bond acceptors (Lipinski definition) is 1. The van der Waals surface area contributed by atoms with Crippen molar-refractivity contribution in [3.8, 4) is 0 Å². The molecule has 2 fully saturated rings. The molecule has 16 heavy (non-hydrogen) atoms. The molecule has 2 aliphatic carbocycles. The summed E-state index contributed by atoms with van der Waals surface area (Å²) in [5.41, 5.74) is 0. The summed E-state index contributed by atoms with van der Waals surface area (Å²) in [5.74, 6) is 2.76. The average molecular weight is 223 g/mol. The van der Waals surface area contributed by atoms with E-state index < -0.39 is 0 Å². The molecule has 2 rings (SSSR count). The largest absolute Gasteiger partial charge is 0.311 e. The van der Waals surface area contributed by atoms with E-state index in [9.17, 15) is 0 Å². The molecule has 0 aliphatic heterocycles. The third-order valence-corrected chi connectivity index (χ3v) is 4.99. The number of rotatable bonds is 2. The van der Waals surface area contributed by atoms with Crippen molar-refractivity contribution in [1.82, 2.24) is 5.32 Å². The lowest BCUT2D eigenvalue weighted by atomic mass is 9.77. The van der Waals surface area contributed by atoms with Gasteiger partial charge >= 0.3 is 0 Å². The first kappa shape index (κ1) is 12.4. The molecule has 0 amide bonds. The van der Waals surface area contributed by atoms with Crippen molar-refractivity contribution in [2.75, 3.05) is 0 Å². The van der Waals surface area contributed by atoms with Gasteiger partial charge in [-0.15, -0.1) is 0 Å². The van der Waals surface area contributed by atoms with Crippen molar-refractivity contribution >= 4 is 0 Å². The predicted molar refractivity (Wildman–Crippen MR) is 70.5 cm³/mol. The summed E-state index contributed by atoms with van der Waals surface area (Å²) in [5, 5.41) is 3.98. The Hall–Kier alpha value is -0.0400. The molecule has 1 N–H and O–H groups in total. The second-order valence-corrected chi connectivity index (χ2v) is 6.53. The van der Waals surface area contributed by atoms with Crippen molar-refractivity contribution in [3.63, 3.8) is 0 Å². The van der Waals surface area contributed by atoms with Crippen LogP contribution in [0.5, 0.6) is 0 Å². The third kappa shape index (κ3) is 3.00. The van der Waals surface area contributed by atoms with Gasteiger partial charge in [0.25, 0.3) is 0 Å². The molecular formula is C15H29N. The van der Waals surface area contributed by atoms with E-state index in [0.717, 1.165) is 29.8 Å². The Balaban J connectivity index is 1.83. The highest BCUT2D eigenvalue weighted by atomic mass is 15.0. The Morgan fingerprint density at radius 1 is 0.750 bits per heavy atom. The van der Waals surface area contributed by atoms with Crippen molar-refractivity contribution in [2.24, 2.45) is 17.8 Å². The molecule has 0 heterocycles. The highest BCUT2D eigenvalue weighted by Gasteiger charge is 2.30. The van der Waals surface area contributed by atoms with Crippen LogP contribution in [0.25, 0.3) is 0 Å². The van der Waals surface area contributed by atoms with Gasteiger partial charge in [0.15, 0.2) is 0 Å². The molecule has 2 atom stereocenters. The lowest BCUT2D eigenvalue weighted by Crippen LogP contribution is -2.48. The summed E-state index contributed by atoms with van der Waals surface area (Å²) in [4.78, 5) is 0. The molecule has 0 aromatic carbocycles. The molecule has 0 aromatic rings. The fourth-order valence-corrected chi connectivity index (χ4v) is 3.71. The zero-order chi connectivity index (χ0) is 11.5. The van der Waals surface area contributed by atoms with Crippen LogP contribution in [-0.4, -0.2) is 12.1 Å². The van der Waals surface area contributed by atoms with Gasteiger partial charge in [-0.2, -0.15) is 0 Å². The maximum Gasteiger partial charge on any atom is 0.0121 e. The second kappa shape index (κ2) is 5.53. The summed E-state index contributed by atoms with van der Waals surface area (Å²) in [7, 11) is 0. The minimum atomic E-state index is 0.798. The molecule has 0 aromatic heterocycles. The molecule has 0 radical (unpaired) electrons. The van der Waals surface area contributed by atoms with E-state index in [4.69, 9.17) is 0 Å². The van der Waals surface area contributed by atoms with E-state index in [1.165, 1.54) is 44.9 Å². The molecule has 0 spiro atoms. The molecule has 0 bridgehead atoms. The van der Waals surface area contributed by atoms with Crippen LogP contribution in [-0.2, 0) is 0 Å². The summed E-state index contributed by atoms with van der Waals surface area (Å²) in [6.45, 7) is 7.29. The van der Waals surface area contributed by atoms with Crippen LogP contribution in [0.3, 0.4) is 0 Å². The van der Waals surface area contributed by atoms with Gasteiger partial charge in [0.1, 0.15) is 0 Å². The first-order chi connectivity index (χ1) is 7.66. The molecule has 2 aliphatic rings. The third-order valence-electron chi connectivity index (χ3n) is 4.99. The normalized spacial score (nSPS) is 45.6. The molecule has 94 valence electrons. The Bertz CT molecular complexity index is 195. The Labute approximate surface area is 101 Å². The Kier molecular flexibility index (Phi) is 4.29. The lowest BCUT2D eigenvalue weighted by Gasteiger charge is -2.39. The van der Waals surface area contributed by atoms with Gasteiger partial charge in [-0.25, -0.2) is 0 Å². The zero-order valence-electron chi connectivity index (χ0n) is 11.3. The van der Waals surface area contributed by atoms with E-state index in [1.54, 1.807) is 0 Å². The van der Waals surface area contributed by atoms with Crippen LogP contribution >= 0.6 is 0 Å². The van der Waals surface area contributed by atoms with Gasteiger partial charge in [-0.05, 0) is 56.3 Å². The fourth-order valence-electron chi connectivity index (χ4n) is 3.71. The maximum absolute atomic E-state index is 3.98. The second-order valence-electron chi connectivity index (χ2n) is 6.53. The van der Waals surface area contributed by atoms with Crippen LogP contribution in [0.4, 0.5) is 0 Å². The van der Waals surface area contributed by atoms with E-state index >= 15 is 0 Å². The van der Waals surface area contributed by atoms with Gasteiger partial charge < -0.3 is 5.32 Å². The molecule has 1 heteroatoms. The maximum atomic E-state index is 3.98. The van der Waals surface area contributed by atoms with Crippen LogP contribution in [0.1, 0.15) is 65.7 Å². The molecule has 2 unspecified atom stereocenters. The monoisotopic (exact) mass is 223 g/mol. The SMILES string of the molecule is CC1CCC(NC2C(C)CCCC2C)CC1. The van der Waals surface area contributed by atoms with Gasteiger partial charge in [-0.1, -0.05) is 27.2 Å². The van der Waals surface area contributed by atoms with Crippen molar-refractivity contribution in [3.05, 3.63) is 0 Å². The predicted octanol–water partition coefficient (Wildman–Crippen LogP) is 3.98. The van der Waals surface area contributed by atoms with Crippen molar-refractivity contribution < 1.29 is 0 Å². The number of hydrogen-bond donors (Lipinski definition) is 1. The Morgan fingerprint density at radius 2 is 1.31 bits per heavy atom. The first-order valence-electron chi connectivity index (χ1n) is 7.43. The summed E-state index contributed by atoms with van der Waals surface area (Å²) in [6.07, 6.45) is 10.0. The molecule has 0 saturated heterocycles. The van der Waals surface area contributed by atoms with Gasteiger partial charge in [-0.3, -0.25) is 0 Å². The summed E-state index contributed by atoms with van der Waals surface area (Å²) in [6, 6.07) is 1.62. The van der Waals surface area contributed by atoms with Gasteiger partial charge in [0.2, 0.25) is 0 Å². The first-order valence-corrected chi connectivity index (χ1v) is 7.43. The lowest BCUT2D eigenvalue weighted by molar-refractivity contribution is 0.172. The van der Waals surface area contributed by atoms with E-state index in [0.29, 0.717) is 0 Å². The molecule has 2 saturated carbocycles. The average Bonchev–Trinajstić information content (AvgIpc) is 2.26. The highest BCUT2D eigenvalue weighted by molar-refractivity contribution is 4.87. The van der Waals surface area contributed by atoms with E-state index in [2.05, 4.69) is 26.1 Å². The molecule has 1 nitrogen and oxygen atoms in total. The van der Waals surface area contributed by atoms with E-state index in [1.807, 2.05) is 0 Å². The smallest absolute Gasteiger partial charge is 0.0121 e. The highest BCUT2D eigenvalue weighted by Crippen LogP contribution is 2.31. The van der Waals surface area contributed by atoms with E-state index in [-0.39, 0.29) is 0 Å². The minimum Gasteiger partial charge on any atom is -0.311 e. The summed E-state index contributed by atoms with van der Waals surface area (Å²) >= 11 is 0. The topological polar surface area (TPSA) is 12.0 Å². The standard InChI is InChI=1S/C15H29N/c1-11-7-9-14(10-8-11)16-15-12(2)5-4-6-13(15)3/h11-16H,4-10H2,1-3H3. The van der Waals surface area contributed by atoms with Crippen LogP contribution in [0, 0.1) is 17.8 Å². The van der Waals surface area contributed by atoms with Crippen molar-refractivity contribution in [1.29, 1.82) is 0 Å². The van der Waals surface area contributed by atoms with Gasteiger partial charge in [0, 0.05) is 12.1 Å².